The van der Waals surface area contributed by atoms with Gasteiger partial charge in [0, 0.05) is 38.1 Å². The minimum atomic E-state index is -0.172. The third-order valence-electron chi connectivity index (χ3n) is 12.1. The fourth-order valence-corrected chi connectivity index (χ4v) is 9.34. The maximum atomic E-state index is 6.86. The fraction of sp³-hybridized carbons (Fsp3) is 0.0577. The van der Waals surface area contributed by atoms with E-state index in [-0.39, 0.29) is 5.41 Å². The molecule has 0 atom stereocenters. The molecule has 11 aromatic rings. The molecule has 0 saturated heterocycles. The van der Waals surface area contributed by atoms with Gasteiger partial charge in [-0.3, -0.25) is 4.57 Å². The van der Waals surface area contributed by atoms with E-state index < -0.39 is 0 Å². The molecule has 0 radical (unpaired) electrons. The maximum Gasteiger partial charge on any atom is 0.238 e. The molecule has 1 aliphatic carbocycles. The van der Waals surface area contributed by atoms with Crippen molar-refractivity contribution in [3.8, 4) is 51.0 Å². The predicted molar refractivity (Wildman–Crippen MR) is 233 cm³/mol. The highest BCUT2D eigenvalue weighted by Gasteiger charge is 2.35. The summed E-state index contributed by atoms with van der Waals surface area (Å²) >= 11 is 0. The summed E-state index contributed by atoms with van der Waals surface area (Å²) in [6, 6.07) is 59.9. The predicted octanol–water partition coefficient (Wildman–Crippen LogP) is 13.3. The van der Waals surface area contributed by atoms with E-state index in [0.717, 1.165) is 76.8 Å². The molecule has 12 rings (SSSR count). The van der Waals surface area contributed by atoms with Crippen LogP contribution in [0.25, 0.3) is 105 Å². The third kappa shape index (κ3) is 4.60. The summed E-state index contributed by atoms with van der Waals surface area (Å²) in [5.74, 6) is 1.75. The van der Waals surface area contributed by atoms with E-state index >= 15 is 0 Å². The molecule has 0 bridgehead atoms. The summed E-state index contributed by atoms with van der Waals surface area (Å²) in [7, 11) is 0. The molecule has 1 aliphatic rings. The van der Waals surface area contributed by atoms with Crippen LogP contribution in [0, 0.1) is 0 Å². The Morgan fingerprint density at radius 2 is 1.04 bits per heavy atom. The van der Waals surface area contributed by atoms with Crippen LogP contribution in [0.1, 0.15) is 25.0 Å². The van der Waals surface area contributed by atoms with Gasteiger partial charge in [-0.25, -0.2) is 4.98 Å². The summed E-state index contributed by atoms with van der Waals surface area (Å²) in [6.45, 7) is 4.61. The molecule has 0 saturated carbocycles. The van der Waals surface area contributed by atoms with E-state index in [1.165, 1.54) is 22.3 Å². The molecule has 57 heavy (non-hydrogen) atoms. The van der Waals surface area contributed by atoms with Gasteiger partial charge in [-0.05, 0) is 62.4 Å². The second kappa shape index (κ2) is 11.8. The molecular formula is C52H34N4O. The average molecular weight is 731 g/mol. The molecular weight excluding hydrogens is 697 g/mol. The lowest BCUT2D eigenvalue weighted by molar-refractivity contribution is 0.660. The maximum absolute atomic E-state index is 6.86. The normalized spacial score (nSPS) is 13.2. The molecule has 0 spiro atoms. The Hall–Kier alpha value is -7.37. The van der Waals surface area contributed by atoms with E-state index in [1.54, 1.807) is 0 Å². The molecule has 0 amide bonds. The molecule has 0 fully saturated rings. The van der Waals surface area contributed by atoms with Gasteiger partial charge in [0.25, 0.3) is 0 Å². The van der Waals surface area contributed by atoms with Gasteiger partial charge in [0.1, 0.15) is 11.1 Å². The van der Waals surface area contributed by atoms with Crippen molar-refractivity contribution in [1.29, 1.82) is 0 Å². The monoisotopic (exact) mass is 730 g/mol. The Morgan fingerprint density at radius 3 is 1.84 bits per heavy atom. The van der Waals surface area contributed by atoms with Crippen molar-refractivity contribution in [3.63, 3.8) is 0 Å². The van der Waals surface area contributed by atoms with Crippen molar-refractivity contribution in [1.82, 2.24) is 19.5 Å². The van der Waals surface area contributed by atoms with Gasteiger partial charge in [-0.1, -0.05) is 166 Å². The minimum absolute atomic E-state index is 0.172. The van der Waals surface area contributed by atoms with Crippen LogP contribution in [0.2, 0.25) is 0 Å². The number of nitrogens with zero attached hydrogens (tertiary/aromatic N) is 4. The summed E-state index contributed by atoms with van der Waals surface area (Å²) in [5, 5.41) is 6.71. The molecule has 5 heteroatoms. The van der Waals surface area contributed by atoms with Crippen LogP contribution < -0.4 is 0 Å². The number of hydrogen-bond acceptors (Lipinski definition) is 4. The zero-order chi connectivity index (χ0) is 37.8. The topological polar surface area (TPSA) is 56.7 Å². The lowest BCUT2D eigenvalue weighted by Crippen LogP contribution is -2.15. The average Bonchev–Trinajstić information content (AvgIpc) is 3.90. The summed E-state index contributed by atoms with van der Waals surface area (Å²) in [6.07, 6.45) is 0. The second-order valence-electron chi connectivity index (χ2n) is 15.6. The Morgan fingerprint density at radius 1 is 0.456 bits per heavy atom. The van der Waals surface area contributed by atoms with Crippen LogP contribution in [-0.4, -0.2) is 19.5 Å². The van der Waals surface area contributed by atoms with Crippen LogP contribution in [-0.2, 0) is 5.41 Å². The smallest absolute Gasteiger partial charge is 0.238 e. The first kappa shape index (κ1) is 31.9. The van der Waals surface area contributed by atoms with Crippen molar-refractivity contribution in [2.75, 3.05) is 0 Å². The first-order valence-corrected chi connectivity index (χ1v) is 19.5. The highest BCUT2D eigenvalue weighted by atomic mass is 16.3. The molecule has 268 valence electrons. The lowest BCUT2D eigenvalue weighted by atomic mass is 9.82. The highest BCUT2D eigenvalue weighted by molar-refractivity contribution is 6.34. The van der Waals surface area contributed by atoms with Gasteiger partial charge >= 0.3 is 0 Å². The van der Waals surface area contributed by atoms with Gasteiger partial charge < -0.3 is 4.42 Å². The van der Waals surface area contributed by atoms with E-state index in [0.29, 0.717) is 17.6 Å². The van der Waals surface area contributed by atoms with Crippen LogP contribution in [0.3, 0.4) is 0 Å². The van der Waals surface area contributed by atoms with Crippen LogP contribution >= 0.6 is 0 Å². The quantitative estimate of drug-likeness (QED) is 0.181. The molecule has 3 heterocycles. The molecule has 3 aromatic heterocycles. The first-order valence-electron chi connectivity index (χ1n) is 19.5. The van der Waals surface area contributed by atoms with E-state index in [2.05, 4.69) is 176 Å². The number of benzene rings is 8. The Bertz CT molecular complexity index is 3430. The van der Waals surface area contributed by atoms with Gasteiger partial charge in [-0.2, -0.15) is 9.97 Å². The fourth-order valence-electron chi connectivity index (χ4n) is 9.34. The number of hydrogen-bond donors (Lipinski definition) is 0. The third-order valence-corrected chi connectivity index (χ3v) is 12.1. The van der Waals surface area contributed by atoms with Gasteiger partial charge in [0.2, 0.25) is 5.95 Å². The first-order chi connectivity index (χ1) is 28.0. The summed E-state index contributed by atoms with van der Waals surface area (Å²) in [5.41, 5.74) is 12.7. The number of furan rings is 1. The number of rotatable bonds is 4. The van der Waals surface area contributed by atoms with Gasteiger partial charge in [0.05, 0.1) is 5.52 Å². The zero-order valence-electron chi connectivity index (χ0n) is 31.4. The van der Waals surface area contributed by atoms with Crippen LogP contribution in [0.5, 0.6) is 0 Å². The van der Waals surface area contributed by atoms with E-state index in [1.807, 2.05) is 12.1 Å². The number of fused-ring (bicyclic) bond motifs is 13. The van der Waals surface area contributed by atoms with Crippen molar-refractivity contribution in [3.05, 3.63) is 181 Å². The molecule has 0 unspecified atom stereocenters. The molecule has 0 aliphatic heterocycles. The van der Waals surface area contributed by atoms with Crippen LogP contribution in [0.15, 0.2) is 174 Å². The standard InChI is InChI=1S/C52H34N4O/c1-52(2)41-21-11-8-16-35(41)36-29-28-34(30-42(36)52)50-53-49(33-26-24-32(25-27-33)31-14-4-3-5-15-31)54-51(55-50)56-43-22-12-9-19-39(43)45-37-17-6-7-18-38(37)46-40-20-10-13-23-44(40)57-48(46)47(45)56/h3-30H,1-2H3. The molecule has 0 N–H and O–H groups in total. The van der Waals surface area contributed by atoms with Crippen LogP contribution in [0.4, 0.5) is 0 Å². The van der Waals surface area contributed by atoms with Crippen molar-refractivity contribution >= 4 is 54.5 Å². The van der Waals surface area contributed by atoms with E-state index in [9.17, 15) is 0 Å². The minimum Gasteiger partial charge on any atom is -0.454 e. The van der Waals surface area contributed by atoms with E-state index in [4.69, 9.17) is 19.4 Å². The van der Waals surface area contributed by atoms with Gasteiger partial charge in [-0.15, -0.1) is 0 Å². The van der Waals surface area contributed by atoms with Gasteiger partial charge in [0.15, 0.2) is 17.2 Å². The molecule has 8 aromatic carbocycles. The Labute approximate surface area is 328 Å². The number of para-hydroxylation sites is 2. The Balaban J connectivity index is 1.16. The van der Waals surface area contributed by atoms with Crippen molar-refractivity contribution in [2.45, 2.75) is 19.3 Å². The number of aromatic nitrogens is 4. The summed E-state index contributed by atoms with van der Waals surface area (Å²) < 4.78 is 9.06. The SMILES string of the molecule is CC1(C)c2ccccc2-c2ccc(-c3nc(-c4ccc(-c5ccccc5)cc4)nc(-n4c5ccccc5c5c6ccccc6c6c7ccccc7oc6c54)n3)cc21. The summed E-state index contributed by atoms with van der Waals surface area (Å²) in [4.78, 5) is 16.0. The largest absolute Gasteiger partial charge is 0.454 e. The zero-order valence-corrected chi connectivity index (χ0v) is 31.4. The molecule has 5 nitrogen and oxygen atoms in total. The van der Waals surface area contributed by atoms with Crippen molar-refractivity contribution < 1.29 is 4.42 Å². The van der Waals surface area contributed by atoms with Crippen molar-refractivity contribution in [2.24, 2.45) is 0 Å². The Kier molecular flexibility index (Phi) is 6.62. The lowest BCUT2D eigenvalue weighted by Gasteiger charge is -2.21. The second-order valence-corrected chi connectivity index (χ2v) is 15.6. The highest BCUT2D eigenvalue weighted by Crippen LogP contribution is 2.50.